The lowest BCUT2D eigenvalue weighted by Crippen LogP contribution is -2.25. The van der Waals surface area contributed by atoms with Gasteiger partial charge in [-0.25, -0.2) is 0 Å². The molecule has 35 heavy (non-hydrogen) atoms. The average Bonchev–Trinajstić information content (AvgIpc) is 3.48. The number of amides is 1. The molecule has 0 bridgehead atoms. The molecule has 2 aromatic heterocycles. The molecule has 0 aliphatic rings. The molecule has 5 aromatic rings. The van der Waals surface area contributed by atoms with Gasteiger partial charge < -0.3 is 20.6 Å². The zero-order valence-electron chi connectivity index (χ0n) is 19.7. The van der Waals surface area contributed by atoms with E-state index < -0.39 is 0 Å². The summed E-state index contributed by atoms with van der Waals surface area (Å²) in [5, 5.41) is 15.6. The molecule has 7 nitrogen and oxygen atoms in total. The molecule has 178 valence electrons. The molecule has 0 aliphatic carbocycles. The number of nitrogens with zero attached hydrogens (tertiary/aromatic N) is 3. The topological polar surface area (TPSA) is 102 Å². The summed E-state index contributed by atoms with van der Waals surface area (Å²) in [4.78, 5) is 15.6. The largest absolute Gasteiger partial charge is 0.361 e. The molecule has 3 aromatic carbocycles. The van der Waals surface area contributed by atoms with Gasteiger partial charge in [0.05, 0.1) is 13.1 Å². The number of benzene rings is 3. The van der Waals surface area contributed by atoms with Gasteiger partial charge in [0.15, 0.2) is 5.82 Å². The summed E-state index contributed by atoms with van der Waals surface area (Å²) in [5.41, 5.74) is 9.14. The number of H-pyrrole nitrogens is 1. The number of aryl methyl sites for hydroxylation is 2. The lowest BCUT2D eigenvalue weighted by molar-refractivity contribution is -0.121. The minimum atomic E-state index is -0.0181. The van der Waals surface area contributed by atoms with Crippen molar-refractivity contribution in [3.63, 3.8) is 0 Å². The number of hydrogen-bond acceptors (Lipinski definition) is 4. The van der Waals surface area contributed by atoms with Gasteiger partial charge in [-0.3, -0.25) is 4.79 Å². The maximum atomic E-state index is 12.2. The Balaban J connectivity index is 1.42. The van der Waals surface area contributed by atoms with Crippen LogP contribution in [0, 0.1) is 0 Å². The number of nitrogens with two attached hydrogens (primary N) is 1. The minimum Gasteiger partial charge on any atom is -0.361 e. The normalized spacial score (nSPS) is 11.3. The number of para-hydroxylation sites is 1. The molecule has 5 rings (SSSR count). The Morgan fingerprint density at radius 2 is 1.66 bits per heavy atom. The van der Waals surface area contributed by atoms with E-state index in [1.807, 2.05) is 6.07 Å². The van der Waals surface area contributed by atoms with Crippen LogP contribution in [0.15, 0.2) is 72.9 Å². The highest BCUT2D eigenvalue weighted by Crippen LogP contribution is 2.22. The predicted octanol–water partition coefficient (Wildman–Crippen LogP) is 4.10. The average molecular weight is 467 g/mol. The number of carbonyl (C=O) groups excluding carboxylic acids is 1. The van der Waals surface area contributed by atoms with Crippen LogP contribution in [0.25, 0.3) is 21.7 Å². The van der Waals surface area contributed by atoms with Gasteiger partial charge >= 0.3 is 0 Å². The Labute approximate surface area is 204 Å². The van der Waals surface area contributed by atoms with E-state index in [4.69, 9.17) is 5.73 Å². The van der Waals surface area contributed by atoms with Crippen LogP contribution >= 0.6 is 0 Å². The Hall–Kier alpha value is -3.97. The first-order valence-electron chi connectivity index (χ1n) is 12.1. The number of fused-ring (bicyclic) bond motifs is 2. The molecule has 7 heteroatoms. The van der Waals surface area contributed by atoms with Gasteiger partial charge in [-0.15, -0.1) is 10.2 Å². The Morgan fingerprint density at radius 1 is 0.886 bits per heavy atom. The third kappa shape index (κ3) is 5.10. The van der Waals surface area contributed by atoms with Gasteiger partial charge in [-0.05, 0) is 47.4 Å². The van der Waals surface area contributed by atoms with Crippen molar-refractivity contribution in [2.24, 2.45) is 5.73 Å². The van der Waals surface area contributed by atoms with Crippen molar-refractivity contribution < 1.29 is 4.79 Å². The standard InChI is InChI=1S/C28H30N6O/c29-16-6-13-28(35)31-18-27-33-32-26(15-14-21-17-30-25-12-4-3-11-24(21)25)34(27)19-22-9-5-8-20-7-1-2-10-23(20)22/h1-5,7-12,17,30H,6,13-16,18-19,29H2,(H,31,35). The predicted molar refractivity (Wildman–Crippen MR) is 139 cm³/mol. The van der Waals surface area contributed by atoms with Crippen LogP contribution in [0.2, 0.25) is 0 Å². The summed E-state index contributed by atoms with van der Waals surface area (Å²) in [6.07, 6.45) is 4.77. The fourth-order valence-electron chi connectivity index (χ4n) is 4.58. The number of aromatic nitrogens is 4. The summed E-state index contributed by atoms with van der Waals surface area (Å²) in [5.74, 6) is 1.65. The van der Waals surface area contributed by atoms with Gasteiger partial charge in [-0.2, -0.15) is 0 Å². The second-order valence-electron chi connectivity index (χ2n) is 8.79. The van der Waals surface area contributed by atoms with Crippen molar-refractivity contribution in [3.05, 3.63) is 95.7 Å². The number of nitrogens with one attached hydrogen (secondary N) is 2. The van der Waals surface area contributed by atoms with Crippen LogP contribution in [0.4, 0.5) is 0 Å². The van der Waals surface area contributed by atoms with E-state index in [1.54, 1.807) is 0 Å². The zero-order chi connectivity index (χ0) is 24.0. The van der Waals surface area contributed by atoms with E-state index in [0.717, 1.165) is 30.0 Å². The molecule has 2 heterocycles. The Morgan fingerprint density at radius 3 is 2.54 bits per heavy atom. The van der Waals surface area contributed by atoms with Gasteiger partial charge in [0.1, 0.15) is 5.82 Å². The van der Waals surface area contributed by atoms with E-state index in [9.17, 15) is 4.79 Å². The highest BCUT2D eigenvalue weighted by molar-refractivity contribution is 5.85. The number of rotatable bonds is 10. The van der Waals surface area contributed by atoms with Crippen LogP contribution in [-0.2, 0) is 30.7 Å². The van der Waals surface area contributed by atoms with Crippen molar-refractivity contribution in [2.45, 2.75) is 38.8 Å². The summed E-state index contributed by atoms with van der Waals surface area (Å²) in [6, 6.07) is 23.1. The van der Waals surface area contributed by atoms with Crippen LogP contribution in [0.5, 0.6) is 0 Å². The van der Waals surface area contributed by atoms with E-state index in [0.29, 0.717) is 32.5 Å². The van der Waals surface area contributed by atoms with Crippen molar-refractivity contribution >= 4 is 27.6 Å². The van der Waals surface area contributed by atoms with Crippen LogP contribution in [0.1, 0.15) is 35.6 Å². The van der Waals surface area contributed by atoms with Crippen molar-refractivity contribution in [3.8, 4) is 0 Å². The number of hydrogen-bond donors (Lipinski definition) is 3. The molecule has 0 fully saturated rings. The quantitative estimate of drug-likeness (QED) is 0.288. The van der Waals surface area contributed by atoms with Gasteiger partial charge in [0.25, 0.3) is 0 Å². The highest BCUT2D eigenvalue weighted by atomic mass is 16.1. The Kier molecular flexibility index (Phi) is 6.86. The molecule has 0 unspecified atom stereocenters. The van der Waals surface area contributed by atoms with Crippen molar-refractivity contribution in [1.29, 1.82) is 0 Å². The monoisotopic (exact) mass is 466 g/mol. The molecule has 0 radical (unpaired) electrons. The summed E-state index contributed by atoms with van der Waals surface area (Å²) >= 11 is 0. The first kappa shape index (κ1) is 22.8. The maximum absolute atomic E-state index is 12.2. The molecule has 0 aliphatic heterocycles. The molecular weight excluding hydrogens is 436 g/mol. The Bertz CT molecular complexity index is 1450. The molecule has 0 spiro atoms. The van der Waals surface area contributed by atoms with Crippen molar-refractivity contribution in [2.75, 3.05) is 6.54 Å². The highest BCUT2D eigenvalue weighted by Gasteiger charge is 2.15. The van der Waals surface area contributed by atoms with Gasteiger partial charge in [0.2, 0.25) is 5.91 Å². The fourth-order valence-corrected chi connectivity index (χ4v) is 4.58. The second kappa shape index (κ2) is 10.5. The second-order valence-corrected chi connectivity index (χ2v) is 8.79. The molecule has 0 atom stereocenters. The molecule has 4 N–H and O–H groups in total. The molecular formula is C28H30N6O. The first-order chi connectivity index (χ1) is 17.2. The third-order valence-corrected chi connectivity index (χ3v) is 6.46. The van der Waals surface area contributed by atoms with E-state index in [1.165, 1.54) is 27.3 Å². The smallest absolute Gasteiger partial charge is 0.220 e. The fraction of sp³-hybridized carbons (Fsp3) is 0.250. The minimum absolute atomic E-state index is 0.0181. The molecule has 0 saturated heterocycles. The van der Waals surface area contributed by atoms with E-state index in [-0.39, 0.29) is 5.91 Å². The summed E-state index contributed by atoms with van der Waals surface area (Å²) < 4.78 is 2.15. The summed E-state index contributed by atoms with van der Waals surface area (Å²) in [7, 11) is 0. The van der Waals surface area contributed by atoms with Gasteiger partial charge in [-0.1, -0.05) is 60.7 Å². The van der Waals surface area contributed by atoms with Crippen LogP contribution in [-0.4, -0.2) is 32.2 Å². The third-order valence-electron chi connectivity index (χ3n) is 6.46. The van der Waals surface area contributed by atoms with Gasteiger partial charge in [0, 0.05) is 29.9 Å². The SMILES string of the molecule is NCCCC(=O)NCc1nnc(CCc2c[nH]c3ccccc23)n1Cc1cccc2ccccc12. The lowest BCUT2D eigenvalue weighted by atomic mass is 10.0. The lowest BCUT2D eigenvalue weighted by Gasteiger charge is -2.13. The number of aromatic amines is 1. The first-order valence-corrected chi connectivity index (χ1v) is 12.1. The van der Waals surface area contributed by atoms with Crippen LogP contribution in [0.3, 0.4) is 0 Å². The molecule has 0 saturated carbocycles. The summed E-state index contributed by atoms with van der Waals surface area (Å²) in [6.45, 7) is 1.49. The maximum Gasteiger partial charge on any atom is 0.220 e. The van der Waals surface area contributed by atoms with E-state index >= 15 is 0 Å². The zero-order valence-corrected chi connectivity index (χ0v) is 19.7. The van der Waals surface area contributed by atoms with E-state index in [2.05, 4.69) is 91.9 Å². The molecule has 1 amide bonds. The van der Waals surface area contributed by atoms with Crippen molar-refractivity contribution in [1.82, 2.24) is 25.1 Å². The number of carbonyl (C=O) groups is 1. The van der Waals surface area contributed by atoms with Crippen LogP contribution < -0.4 is 11.1 Å².